The molecule has 21 heavy (non-hydrogen) atoms. The lowest BCUT2D eigenvalue weighted by Gasteiger charge is -2.42. The normalized spacial score (nSPS) is 30.2. The SMILES string of the molecule is CC1CCC2(CC1)NC=CNC2=NCc1ccccc1Cl. The molecule has 0 unspecified atom stereocenters. The summed E-state index contributed by atoms with van der Waals surface area (Å²) in [5.41, 5.74) is 1.06. The Kier molecular flexibility index (Phi) is 4.20. The van der Waals surface area contributed by atoms with Gasteiger partial charge in [0.15, 0.2) is 0 Å². The summed E-state index contributed by atoms with van der Waals surface area (Å²) in [5, 5.41) is 7.68. The zero-order valence-corrected chi connectivity index (χ0v) is 13.2. The lowest BCUT2D eigenvalue weighted by atomic mass is 9.76. The molecular weight excluding hydrogens is 282 g/mol. The summed E-state index contributed by atoms with van der Waals surface area (Å²) in [6.07, 6.45) is 8.68. The molecule has 0 saturated heterocycles. The fourth-order valence-electron chi connectivity index (χ4n) is 3.15. The number of rotatable bonds is 2. The average molecular weight is 304 g/mol. The van der Waals surface area contributed by atoms with Gasteiger partial charge in [0.1, 0.15) is 5.84 Å². The Hall–Kier alpha value is -1.48. The van der Waals surface area contributed by atoms with Gasteiger partial charge >= 0.3 is 0 Å². The van der Waals surface area contributed by atoms with Gasteiger partial charge in [-0.1, -0.05) is 36.7 Å². The summed E-state index contributed by atoms with van der Waals surface area (Å²) < 4.78 is 0. The van der Waals surface area contributed by atoms with Gasteiger partial charge in [-0.3, -0.25) is 4.99 Å². The summed E-state index contributed by atoms with van der Waals surface area (Å²) in [4.78, 5) is 4.82. The molecule has 1 fully saturated rings. The number of nitrogens with one attached hydrogen (secondary N) is 2. The van der Waals surface area contributed by atoms with Gasteiger partial charge in [0, 0.05) is 17.4 Å². The van der Waals surface area contributed by atoms with E-state index in [1.54, 1.807) is 0 Å². The highest BCUT2D eigenvalue weighted by atomic mass is 35.5. The second kappa shape index (κ2) is 6.10. The molecule has 1 saturated carbocycles. The number of halogens is 1. The monoisotopic (exact) mass is 303 g/mol. The van der Waals surface area contributed by atoms with Crippen molar-refractivity contribution in [3.63, 3.8) is 0 Å². The van der Waals surface area contributed by atoms with E-state index in [-0.39, 0.29) is 5.54 Å². The van der Waals surface area contributed by atoms with Crippen LogP contribution in [0, 0.1) is 5.92 Å². The predicted octanol–water partition coefficient (Wildman–Crippen LogP) is 3.85. The molecule has 1 heterocycles. The Morgan fingerprint density at radius 1 is 1.24 bits per heavy atom. The standard InChI is InChI=1S/C17H22ClN3/c1-13-6-8-17(9-7-13)16(19-10-11-21-17)20-12-14-4-2-3-5-15(14)18/h2-5,10-11,13,21H,6-9,12H2,1H3,(H,19,20). The molecule has 0 radical (unpaired) electrons. The second-order valence-corrected chi connectivity index (χ2v) is 6.55. The number of benzene rings is 1. The van der Waals surface area contributed by atoms with Crippen LogP contribution in [-0.4, -0.2) is 11.4 Å². The van der Waals surface area contributed by atoms with E-state index in [1.807, 2.05) is 36.7 Å². The second-order valence-electron chi connectivity index (χ2n) is 6.14. The van der Waals surface area contributed by atoms with Gasteiger partial charge in [-0.2, -0.15) is 0 Å². The van der Waals surface area contributed by atoms with Gasteiger partial charge in [0.05, 0.1) is 12.1 Å². The fourth-order valence-corrected chi connectivity index (χ4v) is 3.35. The first-order chi connectivity index (χ1) is 10.2. The zero-order chi connectivity index (χ0) is 14.7. The number of hydrogen-bond donors (Lipinski definition) is 2. The minimum absolute atomic E-state index is 0.0114. The molecule has 1 aromatic rings. The molecule has 1 aromatic carbocycles. The molecular formula is C17H22ClN3. The summed E-state index contributed by atoms with van der Waals surface area (Å²) in [6.45, 7) is 2.95. The van der Waals surface area contributed by atoms with E-state index in [0.717, 1.165) is 35.2 Å². The van der Waals surface area contributed by atoms with E-state index in [1.165, 1.54) is 12.8 Å². The Morgan fingerprint density at radius 2 is 2.00 bits per heavy atom. The highest BCUT2D eigenvalue weighted by Crippen LogP contribution is 2.33. The fraction of sp³-hybridized carbons (Fsp3) is 0.471. The quantitative estimate of drug-likeness (QED) is 0.870. The van der Waals surface area contributed by atoms with Crippen LogP contribution in [0.5, 0.6) is 0 Å². The van der Waals surface area contributed by atoms with Crippen LogP contribution in [0.2, 0.25) is 5.02 Å². The first-order valence-electron chi connectivity index (χ1n) is 7.67. The molecule has 4 heteroatoms. The van der Waals surface area contributed by atoms with Gasteiger partial charge in [-0.05, 0) is 43.2 Å². The molecule has 0 atom stereocenters. The molecule has 0 aromatic heterocycles. The van der Waals surface area contributed by atoms with Gasteiger partial charge in [0.25, 0.3) is 0 Å². The van der Waals surface area contributed by atoms with Crippen LogP contribution in [0.1, 0.15) is 38.2 Å². The van der Waals surface area contributed by atoms with E-state index in [9.17, 15) is 0 Å². The van der Waals surface area contributed by atoms with E-state index < -0.39 is 0 Å². The molecule has 1 spiro atoms. The van der Waals surface area contributed by atoms with Crippen LogP contribution in [0.15, 0.2) is 41.7 Å². The van der Waals surface area contributed by atoms with Crippen molar-refractivity contribution in [1.29, 1.82) is 0 Å². The van der Waals surface area contributed by atoms with Gasteiger partial charge in [-0.25, -0.2) is 0 Å². The topological polar surface area (TPSA) is 36.4 Å². The molecule has 1 aliphatic carbocycles. The van der Waals surface area contributed by atoms with Crippen LogP contribution < -0.4 is 10.6 Å². The summed E-state index contributed by atoms with van der Waals surface area (Å²) in [6, 6.07) is 7.91. The number of aliphatic imine (C=N–C) groups is 1. The summed E-state index contributed by atoms with van der Waals surface area (Å²) in [5.74, 6) is 1.87. The maximum atomic E-state index is 6.22. The summed E-state index contributed by atoms with van der Waals surface area (Å²) >= 11 is 6.22. The van der Waals surface area contributed by atoms with Crippen LogP contribution >= 0.6 is 11.6 Å². The molecule has 2 aliphatic rings. The van der Waals surface area contributed by atoms with Crippen LogP contribution in [0.4, 0.5) is 0 Å². The third-order valence-electron chi connectivity index (χ3n) is 4.61. The molecule has 1 aliphatic heterocycles. The molecule has 2 N–H and O–H groups in total. The van der Waals surface area contributed by atoms with Crippen molar-refractivity contribution in [2.24, 2.45) is 10.9 Å². The Balaban J connectivity index is 1.80. The van der Waals surface area contributed by atoms with E-state index >= 15 is 0 Å². The molecule has 3 nitrogen and oxygen atoms in total. The van der Waals surface area contributed by atoms with Crippen molar-refractivity contribution in [3.8, 4) is 0 Å². The van der Waals surface area contributed by atoms with Crippen molar-refractivity contribution in [3.05, 3.63) is 47.3 Å². The number of hydrogen-bond acceptors (Lipinski definition) is 2. The van der Waals surface area contributed by atoms with E-state index in [2.05, 4.69) is 17.6 Å². The number of nitrogens with zero attached hydrogens (tertiary/aromatic N) is 1. The predicted molar refractivity (Wildman–Crippen MR) is 88.4 cm³/mol. The van der Waals surface area contributed by atoms with Crippen LogP contribution in [0.3, 0.4) is 0 Å². The maximum absolute atomic E-state index is 6.22. The Morgan fingerprint density at radius 3 is 2.76 bits per heavy atom. The molecule has 0 amide bonds. The number of amidine groups is 1. The van der Waals surface area contributed by atoms with Crippen molar-refractivity contribution in [2.75, 3.05) is 0 Å². The Labute approximate surface area is 131 Å². The largest absolute Gasteiger partial charge is 0.377 e. The van der Waals surface area contributed by atoms with Gasteiger partial charge in [0.2, 0.25) is 0 Å². The zero-order valence-electron chi connectivity index (χ0n) is 12.4. The van der Waals surface area contributed by atoms with Gasteiger partial charge < -0.3 is 10.6 Å². The first-order valence-corrected chi connectivity index (χ1v) is 8.05. The third kappa shape index (κ3) is 3.08. The molecule has 112 valence electrons. The minimum atomic E-state index is -0.0114. The first kappa shape index (κ1) is 14.5. The van der Waals surface area contributed by atoms with Crippen molar-refractivity contribution in [1.82, 2.24) is 10.6 Å². The van der Waals surface area contributed by atoms with Crippen LogP contribution in [0.25, 0.3) is 0 Å². The lowest BCUT2D eigenvalue weighted by molar-refractivity contribution is 0.272. The van der Waals surface area contributed by atoms with Crippen molar-refractivity contribution in [2.45, 2.75) is 44.7 Å². The van der Waals surface area contributed by atoms with Crippen LogP contribution in [-0.2, 0) is 6.54 Å². The van der Waals surface area contributed by atoms with E-state index in [0.29, 0.717) is 6.54 Å². The maximum Gasteiger partial charge on any atom is 0.127 e. The molecule has 0 bridgehead atoms. The van der Waals surface area contributed by atoms with E-state index in [4.69, 9.17) is 16.6 Å². The highest BCUT2D eigenvalue weighted by Gasteiger charge is 2.39. The molecule has 3 rings (SSSR count). The van der Waals surface area contributed by atoms with Crippen molar-refractivity contribution < 1.29 is 0 Å². The van der Waals surface area contributed by atoms with Crippen molar-refractivity contribution >= 4 is 17.4 Å². The smallest absolute Gasteiger partial charge is 0.127 e. The van der Waals surface area contributed by atoms with Gasteiger partial charge in [-0.15, -0.1) is 0 Å². The highest BCUT2D eigenvalue weighted by molar-refractivity contribution is 6.31. The lowest BCUT2D eigenvalue weighted by Crippen LogP contribution is -2.58. The summed E-state index contributed by atoms with van der Waals surface area (Å²) in [7, 11) is 0. The third-order valence-corrected chi connectivity index (χ3v) is 4.98. The minimum Gasteiger partial charge on any atom is -0.377 e. The Bertz CT molecular complexity index is 557. The average Bonchev–Trinajstić information content (AvgIpc) is 2.51.